The van der Waals surface area contributed by atoms with Gasteiger partial charge in [0, 0.05) is 13.1 Å². The van der Waals surface area contributed by atoms with Gasteiger partial charge in [-0.2, -0.15) is 0 Å². The summed E-state index contributed by atoms with van der Waals surface area (Å²) in [5.74, 6) is -0.353. The molecule has 0 bridgehead atoms. The molecule has 0 aliphatic heterocycles. The molecule has 1 N–H and O–H groups in total. The van der Waals surface area contributed by atoms with E-state index in [9.17, 15) is 4.79 Å². The Morgan fingerprint density at radius 3 is 2.89 bits per heavy atom. The largest absolute Gasteiger partial charge is 0.466 e. The topological polar surface area (TPSA) is 51.2 Å². The van der Waals surface area contributed by atoms with Crippen LogP contribution >= 0.6 is 22.7 Å². The van der Waals surface area contributed by atoms with E-state index in [2.05, 4.69) is 15.0 Å². The van der Waals surface area contributed by atoms with Crippen LogP contribution in [0.1, 0.15) is 11.8 Å². The SMILES string of the molecule is CNc1nc(-c2cccs2)c(/C(C)=C/C(=O)OC)s1. The highest BCUT2D eigenvalue weighted by atomic mass is 32.1. The van der Waals surface area contributed by atoms with Crippen molar-refractivity contribution in [2.45, 2.75) is 6.92 Å². The van der Waals surface area contributed by atoms with E-state index in [0.29, 0.717) is 0 Å². The van der Waals surface area contributed by atoms with Gasteiger partial charge in [0.15, 0.2) is 5.13 Å². The molecule has 0 aliphatic rings. The third-order valence-corrected chi connectivity index (χ3v) is 4.57. The zero-order valence-electron chi connectivity index (χ0n) is 10.9. The van der Waals surface area contributed by atoms with Gasteiger partial charge in [0.2, 0.25) is 0 Å². The summed E-state index contributed by atoms with van der Waals surface area (Å²) in [7, 11) is 3.21. The van der Waals surface area contributed by atoms with Crippen molar-refractivity contribution in [3.63, 3.8) is 0 Å². The van der Waals surface area contributed by atoms with E-state index >= 15 is 0 Å². The molecular formula is C13H14N2O2S2. The van der Waals surface area contributed by atoms with Crippen LogP contribution in [0.25, 0.3) is 16.1 Å². The number of methoxy groups -OCH3 is 1. The van der Waals surface area contributed by atoms with Gasteiger partial charge in [-0.25, -0.2) is 9.78 Å². The number of carbonyl (C=O) groups is 1. The Bertz CT molecular complexity index is 600. The molecule has 0 aliphatic carbocycles. The molecule has 4 nitrogen and oxygen atoms in total. The zero-order valence-corrected chi connectivity index (χ0v) is 12.5. The molecule has 2 rings (SSSR count). The van der Waals surface area contributed by atoms with E-state index < -0.39 is 0 Å². The molecule has 19 heavy (non-hydrogen) atoms. The van der Waals surface area contributed by atoms with Crippen LogP contribution in [0.2, 0.25) is 0 Å². The molecule has 0 aromatic carbocycles. The van der Waals surface area contributed by atoms with Gasteiger partial charge in [0.25, 0.3) is 0 Å². The van der Waals surface area contributed by atoms with E-state index in [1.165, 1.54) is 24.5 Å². The standard InChI is InChI=1S/C13H14N2O2S2/c1-8(7-10(16)17-3)12-11(9-5-4-6-18-9)15-13(14-2)19-12/h4-7H,1-3H3,(H,14,15)/b8-7+. The lowest BCUT2D eigenvalue weighted by molar-refractivity contribution is -0.134. The summed E-state index contributed by atoms with van der Waals surface area (Å²) >= 11 is 3.16. The fourth-order valence-corrected chi connectivity index (χ4v) is 3.27. The van der Waals surface area contributed by atoms with Gasteiger partial charge in [-0.1, -0.05) is 17.4 Å². The number of thiazole rings is 1. The number of thiophene rings is 1. The van der Waals surface area contributed by atoms with Crippen LogP contribution in [-0.4, -0.2) is 25.1 Å². The van der Waals surface area contributed by atoms with Crippen molar-refractivity contribution in [2.24, 2.45) is 0 Å². The maximum Gasteiger partial charge on any atom is 0.330 e. The van der Waals surface area contributed by atoms with E-state index in [-0.39, 0.29) is 5.97 Å². The highest BCUT2D eigenvalue weighted by Crippen LogP contribution is 2.37. The van der Waals surface area contributed by atoms with Gasteiger partial charge in [-0.05, 0) is 23.9 Å². The number of carbonyl (C=O) groups excluding carboxylic acids is 1. The number of nitrogens with zero attached hydrogens (tertiary/aromatic N) is 1. The molecule has 0 radical (unpaired) electrons. The second-order valence-electron chi connectivity index (χ2n) is 3.77. The Hall–Kier alpha value is -1.66. The quantitative estimate of drug-likeness (QED) is 0.693. The smallest absolute Gasteiger partial charge is 0.330 e. The van der Waals surface area contributed by atoms with Gasteiger partial charge in [0.1, 0.15) is 5.69 Å². The van der Waals surface area contributed by atoms with Crippen LogP contribution in [0.3, 0.4) is 0 Å². The number of aromatic nitrogens is 1. The van der Waals surface area contributed by atoms with Crippen molar-refractivity contribution in [1.29, 1.82) is 0 Å². The zero-order chi connectivity index (χ0) is 13.8. The summed E-state index contributed by atoms with van der Waals surface area (Å²) in [6.45, 7) is 1.89. The molecule has 0 saturated carbocycles. The first kappa shape index (κ1) is 13.8. The van der Waals surface area contributed by atoms with Crippen LogP contribution < -0.4 is 5.32 Å². The molecule has 0 saturated heterocycles. The predicted molar refractivity (Wildman–Crippen MR) is 80.6 cm³/mol. The minimum Gasteiger partial charge on any atom is -0.466 e. The highest BCUT2D eigenvalue weighted by Gasteiger charge is 2.15. The normalized spacial score (nSPS) is 11.4. The maximum absolute atomic E-state index is 11.3. The number of rotatable bonds is 4. The van der Waals surface area contributed by atoms with Crippen LogP contribution in [0, 0.1) is 0 Å². The van der Waals surface area contributed by atoms with E-state index in [1.54, 1.807) is 11.3 Å². The molecule has 0 unspecified atom stereocenters. The lowest BCUT2D eigenvalue weighted by Gasteiger charge is -2.00. The number of esters is 1. The third-order valence-electron chi connectivity index (χ3n) is 2.49. The third kappa shape index (κ3) is 3.02. The maximum atomic E-state index is 11.3. The fraction of sp³-hybridized carbons (Fsp3) is 0.231. The molecule has 2 aromatic heterocycles. The van der Waals surface area contributed by atoms with Gasteiger partial charge in [-0.15, -0.1) is 11.3 Å². The molecule has 100 valence electrons. The second kappa shape index (κ2) is 5.99. The first-order valence-corrected chi connectivity index (χ1v) is 7.34. The van der Waals surface area contributed by atoms with Crippen LogP contribution in [0.15, 0.2) is 23.6 Å². The number of hydrogen-bond donors (Lipinski definition) is 1. The van der Waals surface area contributed by atoms with E-state index in [1.807, 2.05) is 31.5 Å². The summed E-state index contributed by atoms with van der Waals surface area (Å²) in [4.78, 5) is 18.0. The molecule has 2 heterocycles. The van der Waals surface area contributed by atoms with Crippen LogP contribution in [0.4, 0.5) is 5.13 Å². The minimum absolute atomic E-state index is 0.353. The number of anilines is 1. The summed E-state index contributed by atoms with van der Waals surface area (Å²) in [6.07, 6.45) is 1.49. The van der Waals surface area contributed by atoms with Crippen molar-refractivity contribution < 1.29 is 9.53 Å². The summed E-state index contributed by atoms with van der Waals surface area (Å²) in [5.41, 5.74) is 1.76. The Labute approximate surface area is 119 Å². The average molecular weight is 294 g/mol. The molecule has 0 atom stereocenters. The van der Waals surface area contributed by atoms with Crippen molar-refractivity contribution >= 4 is 39.3 Å². The fourth-order valence-electron chi connectivity index (χ4n) is 1.58. The van der Waals surface area contributed by atoms with Gasteiger partial charge in [-0.3, -0.25) is 0 Å². The summed E-state index contributed by atoms with van der Waals surface area (Å²) < 4.78 is 4.66. The molecular weight excluding hydrogens is 280 g/mol. The number of ether oxygens (including phenoxy) is 1. The van der Waals surface area contributed by atoms with Crippen LogP contribution in [-0.2, 0) is 9.53 Å². The van der Waals surface area contributed by atoms with Gasteiger partial charge >= 0.3 is 5.97 Å². The van der Waals surface area contributed by atoms with Crippen molar-refractivity contribution in [2.75, 3.05) is 19.5 Å². The Morgan fingerprint density at radius 2 is 2.32 bits per heavy atom. The minimum atomic E-state index is -0.353. The predicted octanol–water partition coefficient (Wildman–Crippen LogP) is 3.49. The first-order chi connectivity index (χ1) is 9.15. The lowest BCUT2D eigenvalue weighted by atomic mass is 10.2. The van der Waals surface area contributed by atoms with Gasteiger partial charge in [0.05, 0.1) is 16.9 Å². The Balaban J connectivity index is 2.47. The molecule has 0 spiro atoms. The Kier molecular flexibility index (Phi) is 4.34. The van der Waals surface area contributed by atoms with E-state index in [0.717, 1.165) is 26.2 Å². The lowest BCUT2D eigenvalue weighted by Crippen LogP contribution is -1.95. The number of hydrogen-bond acceptors (Lipinski definition) is 6. The summed E-state index contributed by atoms with van der Waals surface area (Å²) in [6, 6.07) is 4.01. The summed E-state index contributed by atoms with van der Waals surface area (Å²) in [5, 5.41) is 5.88. The average Bonchev–Trinajstić information content (AvgIpc) is 3.06. The Morgan fingerprint density at radius 1 is 1.53 bits per heavy atom. The van der Waals surface area contributed by atoms with Gasteiger partial charge < -0.3 is 10.1 Å². The van der Waals surface area contributed by atoms with Crippen LogP contribution in [0.5, 0.6) is 0 Å². The number of nitrogens with one attached hydrogen (secondary N) is 1. The van der Waals surface area contributed by atoms with Crippen molar-refractivity contribution in [3.8, 4) is 10.6 Å². The van der Waals surface area contributed by atoms with Crippen molar-refractivity contribution in [1.82, 2.24) is 4.98 Å². The molecule has 2 aromatic rings. The first-order valence-electron chi connectivity index (χ1n) is 5.64. The van der Waals surface area contributed by atoms with Crippen molar-refractivity contribution in [3.05, 3.63) is 28.5 Å². The molecule has 0 amide bonds. The highest BCUT2D eigenvalue weighted by molar-refractivity contribution is 7.18. The molecule has 0 fully saturated rings. The number of allylic oxidation sites excluding steroid dienone is 1. The second-order valence-corrected chi connectivity index (χ2v) is 5.72. The monoisotopic (exact) mass is 294 g/mol. The van der Waals surface area contributed by atoms with E-state index in [4.69, 9.17) is 0 Å². The molecule has 6 heteroatoms.